The Hall–Kier alpha value is -3.22. The van der Waals surface area contributed by atoms with E-state index in [2.05, 4.69) is 37.6 Å². The second kappa shape index (κ2) is 11.3. The first-order valence-electron chi connectivity index (χ1n) is 12.5. The van der Waals surface area contributed by atoms with Gasteiger partial charge in [-0.15, -0.1) is 0 Å². The SMILES string of the molecule is C=C(/C=C(\N=N/C)c1c(F)cccc1F)C1CCC(C)(CN(CC)S(=O)(=O)c2cccc(C#N)c2)C1(C)C. The van der Waals surface area contributed by atoms with Gasteiger partial charge in [0.1, 0.15) is 11.6 Å². The van der Waals surface area contributed by atoms with Gasteiger partial charge in [0.25, 0.3) is 0 Å². The average molecular weight is 541 g/mol. The van der Waals surface area contributed by atoms with E-state index in [1.807, 2.05) is 6.07 Å². The van der Waals surface area contributed by atoms with E-state index < -0.39 is 32.5 Å². The molecule has 0 N–H and O–H groups in total. The van der Waals surface area contributed by atoms with Crippen LogP contribution in [-0.4, -0.2) is 32.9 Å². The number of benzene rings is 2. The summed E-state index contributed by atoms with van der Waals surface area (Å²) in [4.78, 5) is 0.0863. The van der Waals surface area contributed by atoms with Crippen LogP contribution >= 0.6 is 0 Å². The molecule has 1 aliphatic rings. The molecule has 3 rings (SSSR count). The van der Waals surface area contributed by atoms with E-state index in [1.54, 1.807) is 25.1 Å². The van der Waals surface area contributed by atoms with Crippen LogP contribution in [0, 0.1) is 39.7 Å². The van der Waals surface area contributed by atoms with Crippen molar-refractivity contribution in [1.82, 2.24) is 4.31 Å². The number of sulfonamides is 1. The molecule has 38 heavy (non-hydrogen) atoms. The molecule has 2 unspecified atom stereocenters. The highest BCUT2D eigenvalue weighted by atomic mass is 32.2. The third-order valence-corrected chi connectivity index (χ3v) is 10.0. The highest BCUT2D eigenvalue weighted by Gasteiger charge is 2.53. The summed E-state index contributed by atoms with van der Waals surface area (Å²) >= 11 is 0. The fourth-order valence-electron chi connectivity index (χ4n) is 5.41. The minimum absolute atomic E-state index is 0.0487. The highest BCUT2D eigenvalue weighted by molar-refractivity contribution is 7.89. The van der Waals surface area contributed by atoms with E-state index in [0.717, 1.165) is 12.8 Å². The number of allylic oxidation sites excluding steroid dienone is 2. The number of hydrogen-bond donors (Lipinski definition) is 0. The Morgan fingerprint density at radius 1 is 1.21 bits per heavy atom. The molecule has 2 aromatic carbocycles. The number of azo groups is 1. The van der Waals surface area contributed by atoms with Crippen molar-refractivity contribution in [1.29, 1.82) is 5.26 Å². The monoisotopic (exact) mass is 540 g/mol. The molecule has 2 atom stereocenters. The number of rotatable bonds is 9. The fraction of sp³-hybridized carbons (Fsp3) is 0.414. The summed E-state index contributed by atoms with van der Waals surface area (Å²) in [6.45, 7) is 12.8. The highest BCUT2D eigenvalue weighted by Crippen LogP contribution is 2.58. The lowest BCUT2D eigenvalue weighted by Crippen LogP contribution is -2.46. The molecule has 1 aliphatic carbocycles. The molecular formula is C29H34F2N4O2S. The van der Waals surface area contributed by atoms with Gasteiger partial charge in [0.15, 0.2) is 0 Å². The van der Waals surface area contributed by atoms with Crippen LogP contribution in [0.15, 0.2) is 75.8 Å². The molecule has 0 spiro atoms. The van der Waals surface area contributed by atoms with E-state index in [0.29, 0.717) is 5.57 Å². The van der Waals surface area contributed by atoms with E-state index in [-0.39, 0.29) is 40.7 Å². The van der Waals surface area contributed by atoms with E-state index >= 15 is 0 Å². The van der Waals surface area contributed by atoms with Gasteiger partial charge >= 0.3 is 0 Å². The van der Waals surface area contributed by atoms with Crippen LogP contribution in [0.4, 0.5) is 8.78 Å². The summed E-state index contributed by atoms with van der Waals surface area (Å²) in [6.07, 6.45) is 3.02. The molecule has 0 heterocycles. The van der Waals surface area contributed by atoms with Crippen molar-refractivity contribution in [3.8, 4) is 6.07 Å². The van der Waals surface area contributed by atoms with Crippen LogP contribution in [0.5, 0.6) is 0 Å². The molecule has 0 amide bonds. The van der Waals surface area contributed by atoms with Crippen molar-refractivity contribution >= 4 is 15.7 Å². The summed E-state index contributed by atoms with van der Waals surface area (Å²) in [6, 6.07) is 11.6. The minimum atomic E-state index is -3.83. The second-order valence-corrected chi connectivity index (χ2v) is 12.4. The number of halogens is 2. The van der Waals surface area contributed by atoms with Gasteiger partial charge in [0.05, 0.1) is 27.8 Å². The third-order valence-electron chi connectivity index (χ3n) is 8.09. The quantitative estimate of drug-likeness (QED) is 0.254. The lowest BCUT2D eigenvalue weighted by atomic mass is 9.64. The Balaban J connectivity index is 1.93. The van der Waals surface area contributed by atoms with Crippen LogP contribution in [0.3, 0.4) is 0 Å². The van der Waals surface area contributed by atoms with E-state index in [9.17, 15) is 22.5 Å². The molecule has 0 saturated heterocycles. The van der Waals surface area contributed by atoms with Crippen LogP contribution in [-0.2, 0) is 10.0 Å². The van der Waals surface area contributed by atoms with Crippen molar-refractivity contribution in [2.45, 2.75) is 45.4 Å². The Morgan fingerprint density at radius 2 is 1.84 bits per heavy atom. The smallest absolute Gasteiger partial charge is 0.207 e. The molecule has 0 radical (unpaired) electrons. The van der Waals surface area contributed by atoms with Crippen LogP contribution in [0.1, 0.15) is 51.7 Å². The molecule has 6 nitrogen and oxygen atoms in total. The van der Waals surface area contributed by atoms with Gasteiger partial charge in [-0.25, -0.2) is 17.2 Å². The van der Waals surface area contributed by atoms with E-state index in [1.165, 1.54) is 41.7 Å². The van der Waals surface area contributed by atoms with Crippen molar-refractivity contribution < 1.29 is 17.2 Å². The second-order valence-electron chi connectivity index (χ2n) is 10.4. The molecule has 0 aromatic heterocycles. The standard InChI is InChI=1S/C29H34F2N4O2S/c1-7-35(38(36,37)22-11-8-10-21(17-22)18-32)19-29(5)15-14-23(28(29,3)4)20(2)16-26(34-33-6)27-24(30)12-9-13-25(27)31/h8-13,16-17,23H,2,7,14-15,19H2,1,3-6H3/b26-16-,34-33-. The Morgan fingerprint density at radius 3 is 2.42 bits per heavy atom. The Kier molecular flexibility index (Phi) is 8.69. The van der Waals surface area contributed by atoms with Gasteiger partial charge in [-0.1, -0.05) is 46.4 Å². The van der Waals surface area contributed by atoms with E-state index in [4.69, 9.17) is 0 Å². The number of nitrogens with zero attached hydrogens (tertiary/aromatic N) is 4. The maximum atomic E-state index is 14.5. The first kappa shape index (κ1) is 29.3. The zero-order valence-electron chi connectivity index (χ0n) is 22.5. The zero-order chi connectivity index (χ0) is 28.3. The van der Waals surface area contributed by atoms with Gasteiger partial charge in [0, 0.05) is 20.1 Å². The van der Waals surface area contributed by atoms with Crippen molar-refractivity contribution in [3.63, 3.8) is 0 Å². The molecule has 9 heteroatoms. The molecule has 0 aliphatic heterocycles. The van der Waals surface area contributed by atoms with Crippen LogP contribution in [0.25, 0.3) is 5.70 Å². The van der Waals surface area contributed by atoms with Gasteiger partial charge in [-0.2, -0.15) is 19.8 Å². The minimum Gasteiger partial charge on any atom is -0.207 e. The normalized spacial score (nSPS) is 21.7. The van der Waals surface area contributed by atoms with Crippen LogP contribution in [0.2, 0.25) is 0 Å². The van der Waals surface area contributed by atoms with Gasteiger partial charge in [-0.3, -0.25) is 0 Å². The molecule has 1 saturated carbocycles. The molecule has 2 aromatic rings. The summed E-state index contributed by atoms with van der Waals surface area (Å²) in [5.41, 5.74) is -0.130. The van der Waals surface area contributed by atoms with Crippen molar-refractivity contribution in [3.05, 3.63) is 83.5 Å². The number of hydrogen-bond acceptors (Lipinski definition) is 5. The predicted molar refractivity (Wildman–Crippen MR) is 144 cm³/mol. The lowest BCUT2D eigenvalue weighted by Gasteiger charge is -2.44. The van der Waals surface area contributed by atoms with Crippen molar-refractivity contribution in [2.75, 3.05) is 20.1 Å². The maximum absolute atomic E-state index is 14.5. The fourth-order valence-corrected chi connectivity index (χ4v) is 7.03. The number of nitriles is 1. The largest absolute Gasteiger partial charge is 0.243 e. The predicted octanol–water partition coefficient (Wildman–Crippen LogP) is 6.97. The van der Waals surface area contributed by atoms with Crippen LogP contribution < -0.4 is 0 Å². The zero-order valence-corrected chi connectivity index (χ0v) is 23.3. The summed E-state index contributed by atoms with van der Waals surface area (Å²) in [5.74, 6) is -1.57. The summed E-state index contributed by atoms with van der Waals surface area (Å²) < 4.78 is 57.5. The molecule has 202 valence electrons. The topological polar surface area (TPSA) is 85.9 Å². The summed E-state index contributed by atoms with van der Waals surface area (Å²) in [5, 5.41) is 17.0. The molecule has 1 fully saturated rings. The van der Waals surface area contributed by atoms with Gasteiger partial charge < -0.3 is 0 Å². The first-order chi connectivity index (χ1) is 17.8. The molecular weight excluding hydrogens is 506 g/mol. The summed E-state index contributed by atoms with van der Waals surface area (Å²) in [7, 11) is -2.40. The average Bonchev–Trinajstić information content (AvgIpc) is 3.10. The maximum Gasteiger partial charge on any atom is 0.243 e. The Bertz CT molecular complexity index is 1410. The molecule has 0 bridgehead atoms. The van der Waals surface area contributed by atoms with Gasteiger partial charge in [0.2, 0.25) is 10.0 Å². The van der Waals surface area contributed by atoms with Gasteiger partial charge in [-0.05, 0) is 71.6 Å². The third kappa shape index (κ3) is 5.47. The lowest BCUT2D eigenvalue weighted by molar-refractivity contribution is 0.0803. The first-order valence-corrected chi connectivity index (χ1v) is 13.9. The Labute approximate surface area is 224 Å². The van der Waals surface area contributed by atoms with Crippen molar-refractivity contribution in [2.24, 2.45) is 27.0 Å².